The van der Waals surface area contributed by atoms with E-state index in [4.69, 9.17) is 4.74 Å². The Morgan fingerprint density at radius 2 is 1.88 bits per heavy atom. The van der Waals surface area contributed by atoms with Crippen LogP contribution < -0.4 is 15.5 Å². The van der Waals surface area contributed by atoms with Crippen molar-refractivity contribution < 1.29 is 18.7 Å². The first-order chi connectivity index (χ1) is 12.6. The molecule has 6 nitrogen and oxygen atoms in total. The lowest BCUT2D eigenvalue weighted by atomic mass is 10.2. The molecule has 1 fully saturated rings. The van der Waals surface area contributed by atoms with Crippen LogP contribution in [0.25, 0.3) is 0 Å². The number of hydrogen-bond acceptors (Lipinski definition) is 3. The van der Waals surface area contributed by atoms with Gasteiger partial charge >= 0.3 is 12.1 Å². The highest BCUT2D eigenvalue weighted by Gasteiger charge is 2.23. The standard InChI is InChI=1S/C19H16FN3O3/c20-15-5-7-16(8-6-15)22-18(24)21-11-1-2-14-3-9-17(10-4-14)23-12-13-26-19(23)25/h3-10H,11-13H2,(H2,21,22,24). The molecule has 2 N–H and O–H groups in total. The Morgan fingerprint density at radius 3 is 2.54 bits per heavy atom. The number of amides is 3. The van der Waals surface area contributed by atoms with Crippen LogP contribution in [0.4, 0.5) is 25.4 Å². The van der Waals surface area contributed by atoms with Crippen molar-refractivity contribution >= 4 is 23.5 Å². The molecule has 7 heteroatoms. The zero-order valence-corrected chi connectivity index (χ0v) is 13.8. The Morgan fingerprint density at radius 1 is 1.15 bits per heavy atom. The van der Waals surface area contributed by atoms with Crippen LogP contribution in [0, 0.1) is 17.7 Å². The van der Waals surface area contributed by atoms with Gasteiger partial charge in [0.05, 0.1) is 13.1 Å². The third-order valence-electron chi connectivity index (χ3n) is 3.61. The predicted octanol–water partition coefficient (Wildman–Crippen LogP) is 2.96. The molecular weight excluding hydrogens is 337 g/mol. The van der Waals surface area contributed by atoms with E-state index in [-0.39, 0.29) is 18.5 Å². The number of cyclic esters (lactones) is 1. The van der Waals surface area contributed by atoms with E-state index in [1.54, 1.807) is 29.2 Å². The van der Waals surface area contributed by atoms with Crippen molar-refractivity contribution in [2.45, 2.75) is 0 Å². The SMILES string of the molecule is O=C(NCC#Cc1ccc(N2CCOC2=O)cc1)Nc1ccc(F)cc1. The second-order valence-corrected chi connectivity index (χ2v) is 5.43. The van der Waals surface area contributed by atoms with Gasteiger partial charge in [-0.05, 0) is 48.5 Å². The number of hydrogen-bond donors (Lipinski definition) is 2. The molecule has 3 amide bonds. The average Bonchev–Trinajstić information content (AvgIpc) is 3.07. The number of urea groups is 1. The molecule has 3 rings (SSSR count). The molecule has 26 heavy (non-hydrogen) atoms. The lowest BCUT2D eigenvalue weighted by molar-refractivity contribution is 0.181. The highest BCUT2D eigenvalue weighted by molar-refractivity contribution is 5.90. The fraction of sp³-hybridized carbons (Fsp3) is 0.158. The number of nitrogens with one attached hydrogen (secondary N) is 2. The Bertz CT molecular complexity index is 854. The van der Waals surface area contributed by atoms with Crippen LogP contribution in [0.15, 0.2) is 48.5 Å². The Hall–Kier alpha value is -3.53. The van der Waals surface area contributed by atoms with E-state index in [1.165, 1.54) is 24.3 Å². The van der Waals surface area contributed by atoms with E-state index < -0.39 is 6.03 Å². The van der Waals surface area contributed by atoms with E-state index in [2.05, 4.69) is 22.5 Å². The van der Waals surface area contributed by atoms with Gasteiger partial charge in [0, 0.05) is 16.9 Å². The van der Waals surface area contributed by atoms with Crippen molar-refractivity contribution in [3.63, 3.8) is 0 Å². The van der Waals surface area contributed by atoms with Gasteiger partial charge in [0.15, 0.2) is 0 Å². The molecule has 1 aliphatic heterocycles. The summed E-state index contributed by atoms with van der Waals surface area (Å²) in [6.07, 6.45) is -0.347. The summed E-state index contributed by atoms with van der Waals surface area (Å²) in [7, 11) is 0. The zero-order valence-electron chi connectivity index (χ0n) is 13.8. The topological polar surface area (TPSA) is 70.7 Å². The third kappa shape index (κ3) is 4.51. The summed E-state index contributed by atoms with van der Waals surface area (Å²) >= 11 is 0. The molecular formula is C19H16FN3O3. The number of carbonyl (C=O) groups is 2. The highest BCUT2D eigenvalue weighted by atomic mass is 19.1. The van der Waals surface area contributed by atoms with Crippen LogP contribution >= 0.6 is 0 Å². The molecule has 0 bridgehead atoms. The van der Waals surface area contributed by atoms with E-state index >= 15 is 0 Å². The van der Waals surface area contributed by atoms with Crippen molar-refractivity contribution in [3.05, 3.63) is 59.9 Å². The van der Waals surface area contributed by atoms with E-state index in [1.807, 2.05) is 0 Å². The molecule has 0 aromatic heterocycles. The van der Waals surface area contributed by atoms with Gasteiger partial charge in [-0.3, -0.25) is 4.90 Å². The number of nitrogens with zero attached hydrogens (tertiary/aromatic N) is 1. The lowest BCUT2D eigenvalue weighted by Gasteiger charge is -2.11. The van der Waals surface area contributed by atoms with E-state index in [0.29, 0.717) is 18.8 Å². The largest absolute Gasteiger partial charge is 0.447 e. The van der Waals surface area contributed by atoms with Gasteiger partial charge in [-0.25, -0.2) is 14.0 Å². The summed E-state index contributed by atoms with van der Waals surface area (Å²) < 4.78 is 17.7. The Labute approximate surface area is 149 Å². The Balaban J connectivity index is 1.48. The van der Waals surface area contributed by atoms with Gasteiger partial charge in [-0.1, -0.05) is 11.8 Å². The first kappa shape index (κ1) is 17.3. The van der Waals surface area contributed by atoms with Gasteiger partial charge in [0.25, 0.3) is 0 Å². The molecule has 1 heterocycles. The molecule has 1 aliphatic rings. The summed E-state index contributed by atoms with van der Waals surface area (Å²) in [5.41, 5.74) is 2.02. The normalized spacial score (nSPS) is 12.8. The molecule has 0 radical (unpaired) electrons. The van der Waals surface area contributed by atoms with Crippen LogP contribution in [-0.4, -0.2) is 31.8 Å². The van der Waals surface area contributed by atoms with Crippen LogP contribution in [0.5, 0.6) is 0 Å². The van der Waals surface area contributed by atoms with Crippen LogP contribution in [0.2, 0.25) is 0 Å². The molecule has 0 atom stereocenters. The maximum Gasteiger partial charge on any atom is 0.414 e. The molecule has 0 unspecified atom stereocenters. The fourth-order valence-corrected chi connectivity index (χ4v) is 2.33. The predicted molar refractivity (Wildman–Crippen MR) is 95.4 cm³/mol. The molecule has 2 aromatic carbocycles. The summed E-state index contributed by atoms with van der Waals surface area (Å²) in [6, 6.07) is 12.2. The minimum absolute atomic E-state index is 0.160. The number of ether oxygens (including phenoxy) is 1. The number of carbonyl (C=O) groups excluding carboxylic acids is 2. The maximum atomic E-state index is 12.8. The van der Waals surface area contributed by atoms with Crippen LogP contribution in [-0.2, 0) is 4.74 Å². The molecule has 2 aromatic rings. The third-order valence-corrected chi connectivity index (χ3v) is 3.61. The van der Waals surface area contributed by atoms with Crippen molar-refractivity contribution in [1.82, 2.24) is 5.32 Å². The Kier molecular flexibility index (Phi) is 5.34. The van der Waals surface area contributed by atoms with Gasteiger partial charge in [0.2, 0.25) is 0 Å². The van der Waals surface area contributed by atoms with Crippen molar-refractivity contribution in [2.24, 2.45) is 0 Å². The zero-order chi connectivity index (χ0) is 18.4. The van der Waals surface area contributed by atoms with E-state index in [0.717, 1.165) is 11.3 Å². The first-order valence-corrected chi connectivity index (χ1v) is 7.95. The van der Waals surface area contributed by atoms with Gasteiger partial charge in [-0.15, -0.1) is 0 Å². The van der Waals surface area contributed by atoms with Crippen molar-refractivity contribution in [1.29, 1.82) is 0 Å². The average molecular weight is 353 g/mol. The number of benzene rings is 2. The number of anilines is 2. The fourth-order valence-electron chi connectivity index (χ4n) is 2.33. The number of rotatable bonds is 3. The minimum atomic E-state index is -0.422. The van der Waals surface area contributed by atoms with Crippen LogP contribution in [0.1, 0.15) is 5.56 Å². The molecule has 0 saturated carbocycles. The molecule has 0 spiro atoms. The quantitative estimate of drug-likeness (QED) is 0.834. The first-order valence-electron chi connectivity index (χ1n) is 7.95. The second kappa shape index (κ2) is 8.03. The summed E-state index contributed by atoms with van der Waals surface area (Å²) in [6.45, 7) is 1.09. The molecule has 132 valence electrons. The minimum Gasteiger partial charge on any atom is -0.447 e. The molecule has 0 aliphatic carbocycles. The summed E-state index contributed by atoms with van der Waals surface area (Å²) in [4.78, 5) is 24.7. The second-order valence-electron chi connectivity index (χ2n) is 5.43. The van der Waals surface area contributed by atoms with Gasteiger partial charge in [-0.2, -0.15) is 0 Å². The number of halogens is 1. The smallest absolute Gasteiger partial charge is 0.414 e. The lowest BCUT2D eigenvalue weighted by Crippen LogP contribution is -2.28. The van der Waals surface area contributed by atoms with Crippen molar-refractivity contribution in [2.75, 3.05) is 29.9 Å². The van der Waals surface area contributed by atoms with Gasteiger partial charge < -0.3 is 15.4 Å². The van der Waals surface area contributed by atoms with Gasteiger partial charge in [0.1, 0.15) is 12.4 Å². The van der Waals surface area contributed by atoms with E-state index in [9.17, 15) is 14.0 Å². The van der Waals surface area contributed by atoms with Crippen molar-refractivity contribution in [3.8, 4) is 11.8 Å². The summed E-state index contributed by atoms with van der Waals surface area (Å²) in [5.74, 6) is 5.40. The maximum absolute atomic E-state index is 12.8. The summed E-state index contributed by atoms with van der Waals surface area (Å²) in [5, 5.41) is 5.17. The highest BCUT2D eigenvalue weighted by Crippen LogP contribution is 2.18. The molecule has 1 saturated heterocycles. The monoisotopic (exact) mass is 353 g/mol. The van der Waals surface area contributed by atoms with Crippen LogP contribution in [0.3, 0.4) is 0 Å².